The van der Waals surface area contributed by atoms with Crippen LogP contribution in [0.2, 0.25) is 0 Å². The molecule has 0 fully saturated rings. The summed E-state index contributed by atoms with van der Waals surface area (Å²) >= 11 is 4.53. The van der Waals surface area contributed by atoms with E-state index >= 15 is 0 Å². The Morgan fingerprint density at radius 3 is 2.57 bits per heavy atom. The maximum Gasteiger partial charge on any atom is 0.244 e. The van der Waals surface area contributed by atoms with Crippen molar-refractivity contribution >= 4 is 37.3 Å². The van der Waals surface area contributed by atoms with Gasteiger partial charge >= 0.3 is 0 Å². The highest BCUT2D eigenvalue weighted by Crippen LogP contribution is 2.27. The van der Waals surface area contributed by atoms with E-state index < -0.39 is 21.9 Å². The molecule has 4 nitrogen and oxygen atoms in total. The van der Waals surface area contributed by atoms with E-state index in [2.05, 4.69) is 25.6 Å². The first-order chi connectivity index (χ1) is 9.70. The van der Waals surface area contributed by atoms with Gasteiger partial charge in [0, 0.05) is 9.35 Å². The minimum Gasteiger partial charge on any atom is -0.247 e. The minimum atomic E-state index is -3.93. The number of hydrogen-bond acceptors (Lipinski definition) is 4. The predicted octanol–water partition coefficient (Wildman–Crippen LogP) is 3.70. The summed E-state index contributed by atoms with van der Waals surface area (Å²) in [5.41, 5.74) is 0.781. The fraction of sp³-hybridized carbons (Fsp3) is 0.308. The molecule has 0 amide bonds. The molecule has 1 aromatic heterocycles. The van der Waals surface area contributed by atoms with Crippen LogP contribution >= 0.6 is 27.3 Å². The van der Waals surface area contributed by atoms with E-state index in [1.807, 2.05) is 13.8 Å². The van der Waals surface area contributed by atoms with Gasteiger partial charge in [-0.15, -0.1) is 11.3 Å². The molecule has 0 radical (unpaired) electrons. The zero-order chi connectivity index (χ0) is 15.8. The number of nitrogens with zero attached hydrogens (tertiary/aromatic N) is 1. The van der Waals surface area contributed by atoms with Gasteiger partial charge in [0.2, 0.25) is 10.0 Å². The molecule has 0 bridgehead atoms. The summed E-state index contributed by atoms with van der Waals surface area (Å²) in [7, 11) is -3.93. The van der Waals surface area contributed by atoms with Gasteiger partial charge in [0.15, 0.2) is 0 Å². The second kappa shape index (κ2) is 6.12. The zero-order valence-corrected chi connectivity index (χ0v) is 14.9. The molecule has 0 saturated carbocycles. The van der Waals surface area contributed by atoms with Crippen LogP contribution in [0.5, 0.6) is 0 Å². The number of rotatable bonds is 4. The van der Waals surface area contributed by atoms with Crippen LogP contribution in [0.25, 0.3) is 0 Å². The molecular weight excluding hydrogens is 379 g/mol. The summed E-state index contributed by atoms with van der Waals surface area (Å²) < 4.78 is 41.4. The normalized spacial score (nSPS) is 13.4. The molecule has 1 N–H and O–H groups in total. The van der Waals surface area contributed by atoms with Crippen LogP contribution in [0.1, 0.15) is 28.5 Å². The highest BCUT2D eigenvalue weighted by atomic mass is 79.9. The van der Waals surface area contributed by atoms with Gasteiger partial charge in [-0.25, -0.2) is 22.5 Å². The maximum absolute atomic E-state index is 13.8. The van der Waals surface area contributed by atoms with Crippen molar-refractivity contribution < 1.29 is 12.8 Å². The Bertz CT molecular complexity index is 774. The molecule has 1 unspecified atom stereocenters. The molecule has 0 aliphatic heterocycles. The number of thiazole rings is 1. The molecule has 2 aromatic rings. The summed E-state index contributed by atoms with van der Waals surface area (Å²) in [6.07, 6.45) is 0. The van der Waals surface area contributed by atoms with E-state index in [0.29, 0.717) is 4.47 Å². The van der Waals surface area contributed by atoms with Crippen LogP contribution in [0, 0.1) is 19.7 Å². The van der Waals surface area contributed by atoms with Crippen molar-refractivity contribution in [3.8, 4) is 0 Å². The first kappa shape index (κ1) is 16.5. The summed E-state index contributed by atoms with van der Waals surface area (Å²) in [6.45, 7) is 5.40. The van der Waals surface area contributed by atoms with E-state index in [-0.39, 0.29) is 4.90 Å². The lowest BCUT2D eigenvalue weighted by molar-refractivity contribution is 0.547. The molecule has 1 atom stereocenters. The second-order valence-corrected chi connectivity index (χ2v) is 8.43. The molecule has 0 aliphatic carbocycles. The van der Waals surface area contributed by atoms with Gasteiger partial charge in [0.25, 0.3) is 0 Å². The van der Waals surface area contributed by atoms with E-state index in [0.717, 1.165) is 21.6 Å². The van der Waals surface area contributed by atoms with Crippen molar-refractivity contribution in [2.45, 2.75) is 31.7 Å². The van der Waals surface area contributed by atoms with Crippen LogP contribution in [0.4, 0.5) is 4.39 Å². The van der Waals surface area contributed by atoms with Gasteiger partial charge in [-0.05, 0) is 39.0 Å². The Morgan fingerprint density at radius 2 is 2.05 bits per heavy atom. The molecule has 114 valence electrons. The topological polar surface area (TPSA) is 59.1 Å². The van der Waals surface area contributed by atoms with E-state index in [9.17, 15) is 12.8 Å². The van der Waals surface area contributed by atoms with Crippen molar-refractivity contribution in [3.63, 3.8) is 0 Å². The predicted molar refractivity (Wildman–Crippen MR) is 84.4 cm³/mol. The van der Waals surface area contributed by atoms with Crippen LogP contribution in [0.3, 0.4) is 0 Å². The van der Waals surface area contributed by atoms with E-state index in [1.54, 1.807) is 6.92 Å². The average Bonchev–Trinajstić information content (AvgIpc) is 2.67. The number of aryl methyl sites for hydroxylation is 2. The Hall–Kier alpha value is -0.830. The first-order valence-electron chi connectivity index (χ1n) is 6.12. The fourth-order valence-corrected chi connectivity index (χ4v) is 4.60. The standard InChI is InChI=1S/C13H14BrFN2O2S2/c1-7-13(20-9(3)16-7)8(2)17-21(18,19)12-5-4-10(14)6-11(12)15/h4-6,8,17H,1-3H3. The van der Waals surface area contributed by atoms with Gasteiger partial charge in [-0.1, -0.05) is 15.9 Å². The Kier molecular flexibility index (Phi) is 4.82. The third-order valence-corrected chi connectivity index (χ3v) is 6.17. The summed E-state index contributed by atoms with van der Waals surface area (Å²) in [6, 6.07) is 3.38. The van der Waals surface area contributed by atoms with Crippen molar-refractivity contribution in [2.75, 3.05) is 0 Å². The SMILES string of the molecule is Cc1nc(C)c(C(C)NS(=O)(=O)c2ccc(Br)cc2F)s1. The molecular formula is C13H14BrFN2O2S2. The van der Waals surface area contributed by atoms with Gasteiger partial charge < -0.3 is 0 Å². The van der Waals surface area contributed by atoms with Crippen molar-refractivity contribution in [3.05, 3.63) is 44.1 Å². The molecule has 1 aromatic carbocycles. The van der Waals surface area contributed by atoms with Gasteiger partial charge in [0.1, 0.15) is 10.7 Å². The third kappa shape index (κ3) is 3.68. The van der Waals surface area contributed by atoms with Crippen molar-refractivity contribution in [2.24, 2.45) is 0 Å². The molecule has 0 aliphatic rings. The van der Waals surface area contributed by atoms with Crippen LogP contribution in [0.15, 0.2) is 27.6 Å². The zero-order valence-electron chi connectivity index (χ0n) is 11.6. The van der Waals surface area contributed by atoms with Crippen LogP contribution in [-0.4, -0.2) is 13.4 Å². The van der Waals surface area contributed by atoms with E-state index in [4.69, 9.17) is 0 Å². The van der Waals surface area contributed by atoms with Gasteiger partial charge in [0.05, 0.1) is 16.7 Å². The maximum atomic E-state index is 13.8. The third-order valence-electron chi connectivity index (χ3n) is 2.85. The number of sulfonamides is 1. The fourth-order valence-electron chi connectivity index (χ4n) is 1.99. The largest absolute Gasteiger partial charge is 0.247 e. The van der Waals surface area contributed by atoms with Crippen molar-refractivity contribution in [1.82, 2.24) is 9.71 Å². The highest BCUT2D eigenvalue weighted by Gasteiger charge is 2.24. The lowest BCUT2D eigenvalue weighted by Crippen LogP contribution is -2.27. The van der Waals surface area contributed by atoms with Gasteiger partial charge in [-0.2, -0.15) is 0 Å². The number of benzene rings is 1. The second-order valence-electron chi connectivity index (χ2n) is 4.60. The average molecular weight is 393 g/mol. The smallest absolute Gasteiger partial charge is 0.244 e. The molecule has 0 spiro atoms. The molecule has 8 heteroatoms. The Balaban J connectivity index is 2.31. The van der Waals surface area contributed by atoms with Crippen LogP contribution in [-0.2, 0) is 10.0 Å². The number of hydrogen-bond donors (Lipinski definition) is 1. The molecule has 1 heterocycles. The Morgan fingerprint density at radius 1 is 1.38 bits per heavy atom. The number of aromatic nitrogens is 1. The molecule has 21 heavy (non-hydrogen) atoms. The summed E-state index contributed by atoms with van der Waals surface area (Å²) in [4.78, 5) is 4.73. The highest BCUT2D eigenvalue weighted by molar-refractivity contribution is 9.10. The van der Waals surface area contributed by atoms with Crippen molar-refractivity contribution in [1.29, 1.82) is 0 Å². The molecule has 2 rings (SSSR count). The summed E-state index contributed by atoms with van der Waals surface area (Å²) in [5.74, 6) is -0.790. The minimum absolute atomic E-state index is 0.364. The monoisotopic (exact) mass is 392 g/mol. The number of halogens is 2. The first-order valence-corrected chi connectivity index (χ1v) is 9.21. The molecule has 0 saturated heterocycles. The Labute approximate surface area is 135 Å². The van der Waals surface area contributed by atoms with E-state index in [1.165, 1.54) is 23.5 Å². The number of nitrogens with one attached hydrogen (secondary N) is 1. The quantitative estimate of drug-likeness (QED) is 0.862. The lowest BCUT2D eigenvalue weighted by Gasteiger charge is -2.14. The summed E-state index contributed by atoms with van der Waals surface area (Å²) in [5, 5.41) is 0.864. The lowest BCUT2D eigenvalue weighted by atomic mass is 10.2. The van der Waals surface area contributed by atoms with Gasteiger partial charge in [-0.3, -0.25) is 0 Å². The van der Waals surface area contributed by atoms with Crippen LogP contribution < -0.4 is 4.72 Å².